The lowest BCUT2D eigenvalue weighted by molar-refractivity contribution is -0.189. The van der Waals surface area contributed by atoms with E-state index in [1.165, 1.54) is 32.1 Å². The van der Waals surface area contributed by atoms with Crippen LogP contribution < -0.4 is 5.73 Å². The van der Waals surface area contributed by atoms with Gasteiger partial charge in [0.05, 0.1) is 13.2 Å². The van der Waals surface area contributed by atoms with E-state index in [-0.39, 0.29) is 24.7 Å². The maximum atomic E-state index is 11.6. The molecule has 1 fully saturated rings. The molecule has 2 N–H and O–H groups in total. The first-order valence-electron chi connectivity index (χ1n) is 8.84. The standard InChI is InChI=1S/C18H33NO4/c1-4-5-6-7-8-9-10-11-15-18(23-16(20)12-19)17(21-3)14(2)13-22-15/h10-11,14-15,17-18H,4-9,12-13,19H2,1-3H3/t14-,15-,17+,18-/m0/s1. The predicted octanol–water partition coefficient (Wildman–Crippen LogP) is 2.82. The van der Waals surface area contributed by atoms with E-state index in [4.69, 9.17) is 19.9 Å². The summed E-state index contributed by atoms with van der Waals surface area (Å²) in [6.45, 7) is 4.72. The van der Waals surface area contributed by atoms with Gasteiger partial charge in [-0.15, -0.1) is 0 Å². The van der Waals surface area contributed by atoms with E-state index in [1.807, 2.05) is 13.0 Å². The molecule has 1 aliphatic heterocycles. The molecular formula is C18H33NO4. The zero-order valence-corrected chi connectivity index (χ0v) is 14.8. The molecule has 0 spiro atoms. The fourth-order valence-electron chi connectivity index (χ4n) is 2.92. The molecule has 1 saturated heterocycles. The van der Waals surface area contributed by atoms with Crippen LogP contribution in [0.3, 0.4) is 0 Å². The van der Waals surface area contributed by atoms with Crippen molar-refractivity contribution >= 4 is 5.97 Å². The molecule has 4 atom stereocenters. The highest BCUT2D eigenvalue weighted by molar-refractivity contribution is 5.71. The lowest BCUT2D eigenvalue weighted by Crippen LogP contribution is -2.52. The fourth-order valence-corrected chi connectivity index (χ4v) is 2.92. The van der Waals surface area contributed by atoms with Gasteiger partial charge in [0, 0.05) is 13.0 Å². The van der Waals surface area contributed by atoms with E-state index in [2.05, 4.69) is 13.0 Å². The van der Waals surface area contributed by atoms with Crippen LogP contribution in [0.4, 0.5) is 0 Å². The second-order valence-corrected chi connectivity index (χ2v) is 6.27. The highest BCUT2D eigenvalue weighted by Crippen LogP contribution is 2.26. The van der Waals surface area contributed by atoms with Crippen molar-refractivity contribution in [2.45, 2.75) is 70.7 Å². The Bertz CT molecular complexity index is 359. The van der Waals surface area contributed by atoms with Crippen molar-refractivity contribution in [3.63, 3.8) is 0 Å². The lowest BCUT2D eigenvalue weighted by atomic mass is 9.93. The minimum atomic E-state index is -0.434. The number of unbranched alkanes of at least 4 members (excludes halogenated alkanes) is 5. The zero-order chi connectivity index (χ0) is 17.1. The van der Waals surface area contributed by atoms with Gasteiger partial charge < -0.3 is 19.9 Å². The Labute approximate surface area is 140 Å². The van der Waals surface area contributed by atoms with Crippen LogP contribution in [0.5, 0.6) is 0 Å². The molecule has 0 saturated carbocycles. The highest BCUT2D eigenvalue weighted by atomic mass is 16.6. The van der Waals surface area contributed by atoms with Crippen molar-refractivity contribution in [3.8, 4) is 0 Å². The van der Waals surface area contributed by atoms with Crippen molar-refractivity contribution in [3.05, 3.63) is 12.2 Å². The zero-order valence-electron chi connectivity index (χ0n) is 14.8. The molecule has 1 heterocycles. The van der Waals surface area contributed by atoms with Crippen LogP contribution in [0.2, 0.25) is 0 Å². The third kappa shape index (κ3) is 7.02. The van der Waals surface area contributed by atoms with E-state index in [0.29, 0.717) is 6.61 Å². The molecule has 0 radical (unpaired) electrons. The minimum absolute atomic E-state index is 0.130. The van der Waals surface area contributed by atoms with E-state index in [0.717, 1.165) is 6.42 Å². The van der Waals surface area contributed by atoms with Crippen molar-refractivity contribution in [2.75, 3.05) is 20.3 Å². The number of allylic oxidation sites excluding steroid dienone is 1. The first-order valence-corrected chi connectivity index (χ1v) is 8.84. The number of nitrogens with two attached hydrogens (primary N) is 1. The van der Waals surface area contributed by atoms with Crippen molar-refractivity contribution in [1.29, 1.82) is 0 Å². The van der Waals surface area contributed by atoms with E-state index < -0.39 is 12.1 Å². The van der Waals surface area contributed by atoms with Gasteiger partial charge in [0.25, 0.3) is 0 Å². The molecule has 23 heavy (non-hydrogen) atoms. The van der Waals surface area contributed by atoms with Crippen molar-refractivity contribution < 1.29 is 19.0 Å². The van der Waals surface area contributed by atoms with Gasteiger partial charge in [-0.3, -0.25) is 4.79 Å². The number of hydrogen-bond acceptors (Lipinski definition) is 5. The number of rotatable bonds is 10. The summed E-state index contributed by atoms with van der Waals surface area (Å²) in [6.07, 6.45) is 10.6. The summed E-state index contributed by atoms with van der Waals surface area (Å²) in [4.78, 5) is 11.6. The van der Waals surface area contributed by atoms with Gasteiger partial charge in [0.1, 0.15) is 12.2 Å². The molecule has 1 rings (SSSR count). The maximum absolute atomic E-state index is 11.6. The molecule has 134 valence electrons. The third-order valence-electron chi connectivity index (χ3n) is 4.27. The molecule has 0 bridgehead atoms. The number of ether oxygens (including phenoxy) is 3. The smallest absolute Gasteiger partial charge is 0.320 e. The van der Waals surface area contributed by atoms with Gasteiger partial charge in [-0.05, 0) is 12.8 Å². The number of carbonyl (C=O) groups excluding carboxylic acids is 1. The molecule has 0 aromatic heterocycles. The van der Waals surface area contributed by atoms with Crippen LogP contribution in [0.25, 0.3) is 0 Å². The third-order valence-corrected chi connectivity index (χ3v) is 4.27. The monoisotopic (exact) mass is 327 g/mol. The maximum Gasteiger partial charge on any atom is 0.320 e. The highest BCUT2D eigenvalue weighted by Gasteiger charge is 2.40. The van der Waals surface area contributed by atoms with Gasteiger partial charge in [-0.2, -0.15) is 0 Å². The summed E-state index contributed by atoms with van der Waals surface area (Å²) in [7, 11) is 1.64. The van der Waals surface area contributed by atoms with Crippen LogP contribution >= 0.6 is 0 Å². The SMILES string of the molecule is CCCCCCCC=C[C@@H]1OC[C@H](C)[C@@H](OC)[C@H]1OC(=O)CN. The first kappa shape index (κ1) is 20.1. The quantitative estimate of drug-likeness (QED) is 0.379. The van der Waals surface area contributed by atoms with Crippen LogP contribution in [-0.2, 0) is 19.0 Å². The van der Waals surface area contributed by atoms with E-state index >= 15 is 0 Å². The van der Waals surface area contributed by atoms with E-state index in [9.17, 15) is 4.79 Å². The Morgan fingerprint density at radius 3 is 2.65 bits per heavy atom. The molecule has 5 nitrogen and oxygen atoms in total. The Hall–Kier alpha value is -0.910. The van der Waals surface area contributed by atoms with Gasteiger partial charge in [0.2, 0.25) is 0 Å². The molecule has 0 amide bonds. The van der Waals surface area contributed by atoms with Gasteiger partial charge >= 0.3 is 5.97 Å². The topological polar surface area (TPSA) is 70.8 Å². The first-order chi connectivity index (χ1) is 11.1. The fraction of sp³-hybridized carbons (Fsp3) is 0.833. The Morgan fingerprint density at radius 1 is 1.26 bits per heavy atom. The molecule has 0 unspecified atom stereocenters. The lowest BCUT2D eigenvalue weighted by Gasteiger charge is -2.39. The van der Waals surface area contributed by atoms with E-state index in [1.54, 1.807) is 7.11 Å². The van der Waals surface area contributed by atoms with Gasteiger partial charge in [-0.25, -0.2) is 0 Å². The number of hydrogen-bond donors (Lipinski definition) is 1. The summed E-state index contributed by atoms with van der Waals surface area (Å²) in [5.41, 5.74) is 5.36. The Morgan fingerprint density at radius 2 is 2.00 bits per heavy atom. The average Bonchev–Trinajstić information content (AvgIpc) is 2.55. The van der Waals surface area contributed by atoms with Crippen LogP contribution in [-0.4, -0.2) is 44.5 Å². The van der Waals surface area contributed by atoms with Crippen LogP contribution in [0.15, 0.2) is 12.2 Å². The summed E-state index contributed by atoms with van der Waals surface area (Å²) in [5, 5.41) is 0. The molecule has 5 heteroatoms. The molecular weight excluding hydrogens is 294 g/mol. The largest absolute Gasteiger partial charge is 0.455 e. The van der Waals surface area contributed by atoms with Gasteiger partial charge in [0.15, 0.2) is 6.10 Å². The number of esters is 1. The molecule has 1 aliphatic rings. The Kier molecular flexibility index (Phi) is 10.2. The van der Waals surface area contributed by atoms with Crippen molar-refractivity contribution in [1.82, 2.24) is 0 Å². The van der Waals surface area contributed by atoms with Crippen LogP contribution in [0, 0.1) is 5.92 Å². The normalized spacial score (nSPS) is 28.2. The molecule has 0 aromatic rings. The van der Waals surface area contributed by atoms with Crippen LogP contribution in [0.1, 0.15) is 52.4 Å². The van der Waals surface area contributed by atoms with Crippen molar-refractivity contribution in [2.24, 2.45) is 11.7 Å². The second kappa shape index (κ2) is 11.6. The molecule has 0 aromatic carbocycles. The summed E-state index contributed by atoms with van der Waals surface area (Å²) >= 11 is 0. The number of methoxy groups -OCH3 is 1. The van der Waals surface area contributed by atoms with Gasteiger partial charge in [-0.1, -0.05) is 51.7 Å². The number of carbonyl (C=O) groups is 1. The summed E-state index contributed by atoms with van der Waals surface area (Å²) in [5.74, 6) is -0.248. The predicted molar refractivity (Wildman–Crippen MR) is 91.2 cm³/mol. The summed E-state index contributed by atoms with van der Waals surface area (Å²) in [6, 6.07) is 0. The Balaban J connectivity index is 2.53. The average molecular weight is 327 g/mol. The minimum Gasteiger partial charge on any atom is -0.455 e. The summed E-state index contributed by atoms with van der Waals surface area (Å²) < 4.78 is 16.8. The molecule has 0 aliphatic carbocycles. The second-order valence-electron chi connectivity index (χ2n) is 6.27.